The Balaban J connectivity index is 1.51. The Bertz CT molecular complexity index is 1400. The van der Waals surface area contributed by atoms with Gasteiger partial charge in [-0.15, -0.1) is 0 Å². The highest BCUT2D eigenvalue weighted by molar-refractivity contribution is 7.92. The molecule has 0 bridgehead atoms. The van der Waals surface area contributed by atoms with Gasteiger partial charge in [0.25, 0.3) is 11.8 Å². The van der Waals surface area contributed by atoms with Crippen molar-refractivity contribution in [2.24, 2.45) is 5.10 Å². The molecule has 37 heavy (non-hydrogen) atoms. The van der Waals surface area contributed by atoms with E-state index in [1.807, 2.05) is 0 Å². The van der Waals surface area contributed by atoms with Crippen LogP contribution in [0, 0.1) is 12.7 Å². The molecule has 194 valence electrons. The molecule has 12 heteroatoms. The largest absolute Gasteiger partial charge is 0.484 e. The SMILES string of the molecule is Cc1cc(Cl)ccc1N(CC(=O)N/N=C\c1ccc(OCC(=O)Nc2ccc(F)cc2)cc1)S(C)(=O)=O. The second kappa shape index (κ2) is 12.3. The maximum absolute atomic E-state index is 12.9. The minimum atomic E-state index is -3.74. The summed E-state index contributed by atoms with van der Waals surface area (Å²) in [5, 5.41) is 6.91. The van der Waals surface area contributed by atoms with Crippen molar-refractivity contribution in [3.8, 4) is 5.75 Å². The zero-order valence-electron chi connectivity index (χ0n) is 19.9. The predicted molar refractivity (Wildman–Crippen MR) is 141 cm³/mol. The van der Waals surface area contributed by atoms with Crippen molar-refractivity contribution in [3.63, 3.8) is 0 Å². The van der Waals surface area contributed by atoms with Crippen LogP contribution in [0.3, 0.4) is 0 Å². The highest BCUT2D eigenvalue weighted by Gasteiger charge is 2.22. The van der Waals surface area contributed by atoms with Gasteiger partial charge in [-0.1, -0.05) is 11.6 Å². The van der Waals surface area contributed by atoms with Crippen LogP contribution < -0.4 is 19.8 Å². The van der Waals surface area contributed by atoms with Gasteiger partial charge in [0, 0.05) is 10.7 Å². The van der Waals surface area contributed by atoms with Gasteiger partial charge in [-0.05, 0) is 84.8 Å². The maximum Gasteiger partial charge on any atom is 0.262 e. The Labute approximate surface area is 218 Å². The molecule has 0 unspecified atom stereocenters. The van der Waals surface area contributed by atoms with Gasteiger partial charge >= 0.3 is 0 Å². The summed E-state index contributed by atoms with van der Waals surface area (Å²) >= 11 is 5.94. The number of hydrogen-bond donors (Lipinski definition) is 2. The summed E-state index contributed by atoms with van der Waals surface area (Å²) in [5.41, 5.74) is 4.32. The van der Waals surface area contributed by atoms with Crippen molar-refractivity contribution in [2.45, 2.75) is 6.92 Å². The van der Waals surface area contributed by atoms with Gasteiger partial charge in [0.1, 0.15) is 18.1 Å². The molecule has 0 atom stereocenters. The van der Waals surface area contributed by atoms with Gasteiger partial charge < -0.3 is 10.1 Å². The van der Waals surface area contributed by atoms with Crippen LogP contribution in [0.2, 0.25) is 5.02 Å². The number of halogens is 2. The summed E-state index contributed by atoms with van der Waals surface area (Å²) in [7, 11) is -3.74. The zero-order chi connectivity index (χ0) is 27.0. The zero-order valence-corrected chi connectivity index (χ0v) is 21.5. The van der Waals surface area contributed by atoms with E-state index in [0.29, 0.717) is 33.3 Å². The highest BCUT2D eigenvalue weighted by atomic mass is 35.5. The Morgan fingerprint density at radius 1 is 1.05 bits per heavy atom. The van der Waals surface area contributed by atoms with E-state index in [1.54, 1.807) is 43.3 Å². The van der Waals surface area contributed by atoms with Crippen molar-refractivity contribution in [3.05, 3.63) is 88.7 Å². The molecular weight excluding hydrogens is 523 g/mol. The van der Waals surface area contributed by atoms with E-state index in [1.165, 1.54) is 36.5 Å². The van der Waals surface area contributed by atoms with E-state index >= 15 is 0 Å². The lowest BCUT2D eigenvalue weighted by molar-refractivity contribution is -0.119. The number of carbonyl (C=O) groups is 2. The van der Waals surface area contributed by atoms with Gasteiger partial charge in [0.2, 0.25) is 10.0 Å². The number of hydrogen-bond acceptors (Lipinski definition) is 6. The first-order chi connectivity index (χ1) is 17.5. The molecule has 2 N–H and O–H groups in total. The summed E-state index contributed by atoms with van der Waals surface area (Å²) in [6.07, 6.45) is 2.38. The van der Waals surface area contributed by atoms with E-state index in [4.69, 9.17) is 16.3 Å². The van der Waals surface area contributed by atoms with E-state index < -0.39 is 34.2 Å². The fourth-order valence-electron chi connectivity index (χ4n) is 3.15. The van der Waals surface area contributed by atoms with Gasteiger partial charge in [-0.2, -0.15) is 5.10 Å². The lowest BCUT2D eigenvalue weighted by atomic mass is 10.2. The van der Waals surface area contributed by atoms with Crippen LogP contribution in [0.4, 0.5) is 15.8 Å². The second-order valence-electron chi connectivity index (χ2n) is 7.91. The summed E-state index contributed by atoms with van der Waals surface area (Å²) < 4.78 is 43.8. The van der Waals surface area contributed by atoms with Gasteiger partial charge in [0.05, 0.1) is 18.2 Å². The number of amides is 2. The highest BCUT2D eigenvalue weighted by Crippen LogP contribution is 2.25. The molecule has 0 aliphatic rings. The minimum absolute atomic E-state index is 0.245. The summed E-state index contributed by atoms with van der Waals surface area (Å²) in [6, 6.07) is 16.6. The number of aryl methyl sites for hydroxylation is 1. The van der Waals surface area contributed by atoms with E-state index in [0.717, 1.165) is 10.6 Å². The average Bonchev–Trinajstić information content (AvgIpc) is 2.83. The minimum Gasteiger partial charge on any atom is -0.484 e. The summed E-state index contributed by atoms with van der Waals surface area (Å²) in [4.78, 5) is 24.3. The maximum atomic E-state index is 12.9. The second-order valence-corrected chi connectivity index (χ2v) is 10.2. The van der Waals surface area contributed by atoms with Crippen molar-refractivity contribution < 1.29 is 27.1 Å². The molecule has 2 amide bonds. The monoisotopic (exact) mass is 546 g/mol. The lowest BCUT2D eigenvalue weighted by Gasteiger charge is -2.23. The standard InChI is InChI=1S/C25H24ClFN4O5S/c1-17-13-19(26)5-12-23(17)31(37(2,34)35)15-24(32)30-28-14-18-3-10-22(11-4-18)36-16-25(33)29-21-8-6-20(27)7-9-21/h3-14H,15-16H2,1-2H3,(H,29,33)(H,30,32)/b28-14-. The van der Waals surface area contributed by atoms with Gasteiger partial charge in [-0.25, -0.2) is 18.2 Å². The smallest absolute Gasteiger partial charge is 0.262 e. The molecule has 0 aliphatic carbocycles. The number of sulfonamides is 1. The normalized spacial score (nSPS) is 11.2. The molecule has 3 aromatic carbocycles. The van der Waals surface area contributed by atoms with Crippen LogP contribution in [0.25, 0.3) is 0 Å². The number of nitrogens with zero attached hydrogens (tertiary/aromatic N) is 2. The number of carbonyl (C=O) groups excluding carboxylic acids is 2. The van der Waals surface area contributed by atoms with Gasteiger partial charge in [0.15, 0.2) is 6.61 Å². The molecule has 0 saturated carbocycles. The van der Waals surface area contributed by atoms with Crippen LogP contribution in [0.5, 0.6) is 5.75 Å². The molecule has 0 spiro atoms. The molecule has 9 nitrogen and oxygen atoms in total. The summed E-state index contributed by atoms with van der Waals surface area (Å²) in [6.45, 7) is 0.983. The van der Waals surface area contributed by atoms with Crippen molar-refractivity contribution in [1.82, 2.24) is 5.43 Å². The number of nitrogens with one attached hydrogen (secondary N) is 2. The van der Waals surface area contributed by atoms with E-state index in [9.17, 15) is 22.4 Å². The first-order valence-corrected chi connectivity index (χ1v) is 13.1. The van der Waals surface area contributed by atoms with Crippen LogP contribution in [-0.4, -0.2) is 45.9 Å². The molecule has 0 aromatic heterocycles. The van der Waals surface area contributed by atoms with E-state index in [2.05, 4.69) is 15.8 Å². The molecule has 3 aromatic rings. The van der Waals surface area contributed by atoms with Crippen LogP contribution in [-0.2, 0) is 19.6 Å². The number of rotatable bonds is 10. The van der Waals surface area contributed by atoms with Crippen LogP contribution in [0.15, 0.2) is 71.8 Å². The Hall–Kier alpha value is -3.96. The quantitative estimate of drug-likeness (QED) is 0.297. The Morgan fingerprint density at radius 2 is 1.73 bits per heavy atom. The fourth-order valence-corrected chi connectivity index (χ4v) is 4.29. The predicted octanol–water partition coefficient (Wildman–Crippen LogP) is 3.72. The van der Waals surface area contributed by atoms with Gasteiger partial charge in [-0.3, -0.25) is 13.9 Å². The Kier molecular flexibility index (Phi) is 9.20. The van der Waals surface area contributed by atoms with Crippen molar-refractivity contribution in [2.75, 3.05) is 29.0 Å². The third-order valence-electron chi connectivity index (χ3n) is 4.90. The van der Waals surface area contributed by atoms with Crippen LogP contribution in [0.1, 0.15) is 11.1 Å². The van der Waals surface area contributed by atoms with Crippen molar-refractivity contribution >= 4 is 51.0 Å². The molecular formula is C25H24ClFN4O5S. The van der Waals surface area contributed by atoms with Crippen molar-refractivity contribution in [1.29, 1.82) is 0 Å². The molecule has 0 fully saturated rings. The average molecular weight is 547 g/mol. The molecule has 0 aliphatic heterocycles. The number of anilines is 2. The molecule has 0 radical (unpaired) electrons. The topological polar surface area (TPSA) is 117 Å². The Morgan fingerprint density at radius 3 is 2.35 bits per heavy atom. The lowest BCUT2D eigenvalue weighted by Crippen LogP contribution is -2.39. The molecule has 0 saturated heterocycles. The van der Waals surface area contributed by atoms with Crippen LogP contribution >= 0.6 is 11.6 Å². The number of ether oxygens (including phenoxy) is 1. The third kappa shape index (κ3) is 8.58. The molecule has 0 heterocycles. The number of hydrazone groups is 1. The third-order valence-corrected chi connectivity index (χ3v) is 6.26. The fraction of sp³-hybridized carbons (Fsp3) is 0.160. The molecule has 3 rings (SSSR count). The first-order valence-electron chi connectivity index (χ1n) is 10.9. The summed E-state index contributed by atoms with van der Waals surface area (Å²) in [5.74, 6) is -1.01. The number of benzene rings is 3. The van der Waals surface area contributed by atoms with E-state index in [-0.39, 0.29) is 6.61 Å². The first kappa shape index (κ1) is 27.6.